The highest BCUT2D eigenvalue weighted by Crippen LogP contribution is 2.30. The van der Waals surface area contributed by atoms with Crippen LogP contribution in [0.5, 0.6) is 0 Å². The Morgan fingerprint density at radius 1 is 0.569 bits per heavy atom. The molecule has 14 heteroatoms. The zero-order valence-corrected chi connectivity index (χ0v) is 39.7. The highest BCUT2D eigenvalue weighted by molar-refractivity contribution is 5.76. The lowest BCUT2D eigenvalue weighted by Crippen LogP contribution is -2.65. The molecule has 0 radical (unpaired) electrons. The summed E-state index contributed by atoms with van der Waals surface area (Å²) < 4.78 is 22.6. The number of ether oxygens (including phenoxy) is 4. The van der Waals surface area contributed by atoms with Gasteiger partial charge in [-0.05, 0) is 64.2 Å². The second kappa shape index (κ2) is 37.6. The molecule has 2 rings (SSSR count). The maximum absolute atomic E-state index is 13.1. The summed E-state index contributed by atoms with van der Waals surface area (Å²) in [5.74, 6) is -0.282. The highest BCUT2D eigenvalue weighted by atomic mass is 16.7. The minimum Gasteiger partial charge on any atom is -0.394 e. The molecule has 2 heterocycles. The van der Waals surface area contributed by atoms with Crippen molar-refractivity contribution in [3.05, 3.63) is 60.8 Å². The number of carbonyl (C=O) groups is 1. The van der Waals surface area contributed by atoms with Crippen molar-refractivity contribution >= 4 is 5.91 Å². The van der Waals surface area contributed by atoms with Crippen molar-refractivity contribution in [2.45, 2.75) is 235 Å². The molecule has 2 aliphatic rings. The van der Waals surface area contributed by atoms with Gasteiger partial charge in [-0.3, -0.25) is 4.79 Å². The molecule has 12 unspecified atom stereocenters. The SMILES string of the molecule is CC/C=C\C/C=C\C/C=C\CCCCCC(=O)NC(COC1OC(CO)C(OC2OC(CO)C(O)C(O)C2O)C(O)C1O)C(O)/C=C/CC/C=C/CCCCCCCCCCCCCC. The van der Waals surface area contributed by atoms with Crippen molar-refractivity contribution in [3.63, 3.8) is 0 Å². The quantitative estimate of drug-likeness (QED) is 0.0248. The first-order chi connectivity index (χ1) is 31.6. The van der Waals surface area contributed by atoms with Crippen LogP contribution < -0.4 is 5.32 Å². The molecule has 0 spiro atoms. The maximum Gasteiger partial charge on any atom is 0.220 e. The minimum atomic E-state index is -1.79. The van der Waals surface area contributed by atoms with Gasteiger partial charge in [-0.15, -0.1) is 0 Å². The Kier molecular flexibility index (Phi) is 34.1. The van der Waals surface area contributed by atoms with Crippen LogP contribution in [0.25, 0.3) is 0 Å². The van der Waals surface area contributed by atoms with Crippen LogP contribution in [0, 0.1) is 0 Å². The average Bonchev–Trinajstić information content (AvgIpc) is 3.30. The van der Waals surface area contributed by atoms with Gasteiger partial charge in [0.15, 0.2) is 12.6 Å². The lowest BCUT2D eigenvalue weighted by molar-refractivity contribution is -0.359. The van der Waals surface area contributed by atoms with E-state index in [9.17, 15) is 45.6 Å². The van der Waals surface area contributed by atoms with Crippen LogP contribution in [-0.2, 0) is 23.7 Å². The van der Waals surface area contributed by atoms with Gasteiger partial charge in [-0.2, -0.15) is 0 Å². The molecule has 2 fully saturated rings. The summed E-state index contributed by atoms with van der Waals surface area (Å²) in [4.78, 5) is 13.1. The average molecular weight is 924 g/mol. The third-order valence-corrected chi connectivity index (χ3v) is 11.9. The standard InChI is InChI=1S/C51H89NO13/c1-3-5-7-9-11-13-15-17-18-19-20-21-23-24-26-28-30-32-34-40(55)39(52-43(56)35-33-31-29-27-25-22-16-14-12-10-8-6-4-2)38-62-50-48(61)46(59)49(42(37-54)64-50)65-51-47(60)45(58)44(57)41(36-53)63-51/h6,8,12,14,22,24-26,32,34,39-42,44-51,53-55,57-61H,3-5,7,9-11,13,15-21,23,27-31,33,35-38H2,1-2H3,(H,52,56)/b8-6-,14-12-,25-22-,26-24+,34-32+. The molecule has 376 valence electrons. The third kappa shape index (κ3) is 25.0. The molecule has 0 bridgehead atoms. The van der Waals surface area contributed by atoms with Gasteiger partial charge in [-0.25, -0.2) is 0 Å². The smallest absolute Gasteiger partial charge is 0.220 e. The van der Waals surface area contributed by atoms with Crippen molar-refractivity contribution in [2.24, 2.45) is 0 Å². The molecule has 0 aromatic carbocycles. The molecule has 0 saturated carbocycles. The summed E-state index contributed by atoms with van der Waals surface area (Å²) in [5, 5.41) is 86.6. The number of hydrogen-bond acceptors (Lipinski definition) is 13. The van der Waals surface area contributed by atoms with E-state index in [4.69, 9.17) is 18.9 Å². The van der Waals surface area contributed by atoms with Crippen LogP contribution in [0.15, 0.2) is 60.8 Å². The molecule has 0 aromatic heterocycles. The van der Waals surface area contributed by atoms with Gasteiger partial charge in [0.05, 0.1) is 32.0 Å². The second-order valence-electron chi connectivity index (χ2n) is 17.6. The van der Waals surface area contributed by atoms with E-state index in [0.717, 1.165) is 51.4 Å². The van der Waals surface area contributed by atoms with E-state index in [1.807, 2.05) is 6.08 Å². The molecular formula is C51H89NO13. The first-order valence-electron chi connectivity index (χ1n) is 25.0. The summed E-state index contributed by atoms with van der Waals surface area (Å²) in [6.45, 7) is 2.61. The molecule has 2 saturated heterocycles. The van der Waals surface area contributed by atoms with Crippen LogP contribution in [0.1, 0.15) is 162 Å². The van der Waals surface area contributed by atoms with Gasteiger partial charge in [0, 0.05) is 6.42 Å². The number of amides is 1. The number of aliphatic hydroxyl groups excluding tert-OH is 8. The van der Waals surface area contributed by atoms with E-state index in [-0.39, 0.29) is 18.9 Å². The molecule has 1 amide bonds. The summed E-state index contributed by atoms with van der Waals surface area (Å²) >= 11 is 0. The molecular weight excluding hydrogens is 835 g/mol. The first-order valence-corrected chi connectivity index (χ1v) is 25.0. The Morgan fingerprint density at radius 3 is 1.69 bits per heavy atom. The molecule has 0 aromatic rings. The van der Waals surface area contributed by atoms with Crippen molar-refractivity contribution in [3.8, 4) is 0 Å². The molecule has 14 nitrogen and oxygen atoms in total. The van der Waals surface area contributed by atoms with Gasteiger partial charge in [0.1, 0.15) is 48.8 Å². The van der Waals surface area contributed by atoms with Crippen molar-refractivity contribution in [1.29, 1.82) is 0 Å². The lowest BCUT2D eigenvalue weighted by atomic mass is 9.97. The van der Waals surface area contributed by atoms with Gasteiger partial charge >= 0.3 is 0 Å². The third-order valence-electron chi connectivity index (χ3n) is 11.9. The number of aliphatic hydroxyl groups is 8. The number of allylic oxidation sites excluding steroid dienone is 9. The van der Waals surface area contributed by atoms with Crippen LogP contribution in [0.3, 0.4) is 0 Å². The Hall–Kier alpha value is -2.31. The number of hydrogen-bond donors (Lipinski definition) is 9. The van der Waals surface area contributed by atoms with Crippen molar-refractivity contribution < 1.29 is 64.6 Å². The first kappa shape index (κ1) is 58.8. The number of carbonyl (C=O) groups excluding carboxylic acids is 1. The van der Waals surface area contributed by atoms with Crippen LogP contribution in [-0.4, -0.2) is 140 Å². The number of nitrogens with one attached hydrogen (secondary N) is 1. The fourth-order valence-electron chi connectivity index (χ4n) is 7.85. The molecule has 0 aliphatic carbocycles. The van der Waals surface area contributed by atoms with E-state index in [1.165, 1.54) is 77.0 Å². The Bertz CT molecular complexity index is 1320. The molecule has 9 N–H and O–H groups in total. The zero-order chi connectivity index (χ0) is 47.5. The summed E-state index contributed by atoms with van der Waals surface area (Å²) in [6, 6.07) is -0.947. The van der Waals surface area contributed by atoms with Crippen LogP contribution >= 0.6 is 0 Å². The summed E-state index contributed by atoms with van der Waals surface area (Å²) in [6.07, 6.45) is 28.4. The summed E-state index contributed by atoms with van der Waals surface area (Å²) in [5.41, 5.74) is 0. The topological polar surface area (TPSA) is 228 Å². The number of rotatable bonds is 37. The molecule has 12 atom stereocenters. The normalized spacial score (nSPS) is 27.5. The Balaban J connectivity index is 1.89. The Morgan fingerprint density at radius 2 is 1.08 bits per heavy atom. The fraction of sp³-hybridized carbons (Fsp3) is 0.784. The second-order valence-corrected chi connectivity index (χ2v) is 17.6. The zero-order valence-electron chi connectivity index (χ0n) is 39.7. The van der Waals surface area contributed by atoms with Crippen molar-refractivity contribution in [2.75, 3.05) is 19.8 Å². The highest BCUT2D eigenvalue weighted by Gasteiger charge is 2.51. The largest absolute Gasteiger partial charge is 0.394 e. The predicted molar refractivity (Wildman–Crippen MR) is 254 cm³/mol. The lowest BCUT2D eigenvalue weighted by Gasteiger charge is -2.46. The molecule has 2 aliphatic heterocycles. The maximum atomic E-state index is 13.1. The Labute approximate surface area is 390 Å². The van der Waals surface area contributed by atoms with E-state index in [2.05, 4.69) is 67.8 Å². The monoisotopic (exact) mass is 924 g/mol. The van der Waals surface area contributed by atoms with Gasteiger partial charge in [0.25, 0.3) is 0 Å². The summed E-state index contributed by atoms with van der Waals surface area (Å²) in [7, 11) is 0. The predicted octanol–water partition coefficient (Wildman–Crippen LogP) is 6.27. The van der Waals surface area contributed by atoms with Gasteiger partial charge in [0.2, 0.25) is 5.91 Å². The fourth-order valence-corrected chi connectivity index (χ4v) is 7.85. The molecule has 65 heavy (non-hydrogen) atoms. The van der Waals surface area contributed by atoms with E-state index in [1.54, 1.807) is 6.08 Å². The van der Waals surface area contributed by atoms with Crippen LogP contribution in [0.4, 0.5) is 0 Å². The van der Waals surface area contributed by atoms with E-state index in [0.29, 0.717) is 12.8 Å². The van der Waals surface area contributed by atoms with Crippen molar-refractivity contribution in [1.82, 2.24) is 5.32 Å². The number of unbranched alkanes of at least 4 members (excludes halogenated alkanes) is 16. The van der Waals surface area contributed by atoms with Crippen LogP contribution in [0.2, 0.25) is 0 Å². The van der Waals surface area contributed by atoms with Gasteiger partial charge < -0.3 is 65.1 Å². The van der Waals surface area contributed by atoms with E-state index >= 15 is 0 Å². The van der Waals surface area contributed by atoms with Gasteiger partial charge in [-0.1, -0.05) is 152 Å². The van der Waals surface area contributed by atoms with E-state index < -0.39 is 86.8 Å². The minimum absolute atomic E-state index is 0.236.